The maximum absolute atomic E-state index is 13.9. The van der Waals surface area contributed by atoms with E-state index in [0.29, 0.717) is 25.3 Å². The van der Waals surface area contributed by atoms with Crippen molar-refractivity contribution in [2.75, 3.05) is 6.54 Å². The summed E-state index contributed by atoms with van der Waals surface area (Å²) in [5.74, 6) is -0.168. The van der Waals surface area contributed by atoms with Crippen LogP contribution in [-0.2, 0) is 17.9 Å². The van der Waals surface area contributed by atoms with Gasteiger partial charge in [0.1, 0.15) is 11.2 Å². The second-order valence-electron chi connectivity index (χ2n) is 9.34. The number of hydrogen-bond donors (Lipinski definition) is 1. The number of carbonyl (C=O) groups excluding carboxylic acids is 2. The molecule has 1 aromatic heterocycles. The first-order chi connectivity index (χ1) is 16.5. The summed E-state index contributed by atoms with van der Waals surface area (Å²) in [5, 5.41) is 4.11. The van der Waals surface area contributed by atoms with Gasteiger partial charge in [0.2, 0.25) is 5.91 Å². The molecule has 2 amide bonds. The Hall–Kier alpha value is -3.86. The molecule has 1 aliphatic heterocycles. The van der Waals surface area contributed by atoms with E-state index in [1.165, 1.54) is 0 Å². The molecule has 172 valence electrons. The topological polar surface area (TPSA) is 54.3 Å². The van der Waals surface area contributed by atoms with Crippen LogP contribution in [0.2, 0.25) is 0 Å². The van der Waals surface area contributed by atoms with E-state index in [-0.39, 0.29) is 17.7 Å². The van der Waals surface area contributed by atoms with Crippen LogP contribution in [-0.4, -0.2) is 33.4 Å². The number of para-hydroxylation sites is 1. The number of carbonyl (C=O) groups is 2. The second-order valence-corrected chi connectivity index (χ2v) is 9.34. The molecule has 0 saturated carbocycles. The first-order valence-corrected chi connectivity index (χ1v) is 11.7. The van der Waals surface area contributed by atoms with Crippen LogP contribution in [0.1, 0.15) is 41.4 Å². The normalized spacial score (nSPS) is 18.5. The van der Waals surface area contributed by atoms with Gasteiger partial charge in [0.05, 0.1) is 6.54 Å². The van der Waals surface area contributed by atoms with Gasteiger partial charge >= 0.3 is 0 Å². The van der Waals surface area contributed by atoms with E-state index >= 15 is 0 Å². The highest BCUT2D eigenvalue weighted by Gasteiger charge is 2.48. The number of benzene rings is 3. The standard InChI is InChI=1S/C29H29N3O2/c1-21(23-13-7-4-8-14-23)19-32-27(33)26-17-24-15-9-10-16-25(24)31(26)20-29(32,2)28(34)30-18-22-11-5-3-6-12-22/h3-17,21H,18-20H2,1-2H3,(H,30,34)/t21-,29-/m0/s1. The van der Waals surface area contributed by atoms with Gasteiger partial charge in [-0.3, -0.25) is 9.59 Å². The Balaban J connectivity index is 1.51. The van der Waals surface area contributed by atoms with E-state index < -0.39 is 5.54 Å². The fraction of sp³-hybridized carbons (Fsp3) is 0.241. The van der Waals surface area contributed by atoms with E-state index in [4.69, 9.17) is 0 Å². The van der Waals surface area contributed by atoms with Crippen molar-refractivity contribution in [1.82, 2.24) is 14.8 Å². The van der Waals surface area contributed by atoms with E-state index in [0.717, 1.165) is 22.0 Å². The fourth-order valence-corrected chi connectivity index (χ4v) is 4.92. The summed E-state index contributed by atoms with van der Waals surface area (Å²) >= 11 is 0. The summed E-state index contributed by atoms with van der Waals surface area (Å²) in [6, 6.07) is 29.9. The molecule has 2 atom stereocenters. The average molecular weight is 452 g/mol. The third kappa shape index (κ3) is 3.87. The monoisotopic (exact) mass is 451 g/mol. The minimum absolute atomic E-state index is 0.0855. The third-order valence-corrected chi connectivity index (χ3v) is 6.95. The summed E-state index contributed by atoms with van der Waals surface area (Å²) in [6.07, 6.45) is 0. The number of nitrogens with one attached hydrogen (secondary N) is 1. The molecular formula is C29H29N3O2. The largest absolute Gasteiger partial charge is 0.350 e. The van der Waals surface area contributed by atoms with E-state index in [9.17, 15) is 9.59 Å². The van der Waals surface area contributed by atoms with Gasteiger partial charge in [-0.15, -0.1) is 0 Å². The van der Waals surface area contributed by atoms with Crippen molar-refractivity contribution in [3.63, 3.8) is 0 Å². The first-order valence-electron chi connectivity index (χ1n) is 11.7. The highest BCUT2D eigenvalue weighted by atomic mass is 16.2. The second kappa shape index (κ2) is 8.82. The SMILES string of the molecule is C[C@@H](CN1C(=O)c2cc3ccccc3n2C[C@@]1(C)C(=O)NCc1ccccc1)c1ccccc1. The van der Waals surface area contributed by atoms with Gasteiger partial charge in [-0.1, -0.05) is 85.8 Å². The third-order valence-electron chi connectivity index (χ3n) is 6.95. The van der Waals surface area contributed by atoms with Gasteiger partial charge in [0.25, 0.3) is 5.91 Å². The molecule has 2 heterocycles. The lowest BCUT2D eigenvalue weighted by molar-refractivity contribution is -0.133. The smallest absolute Gasteiger partial charge is 0.271 e. The molecule has 4 aromatic rings. The van der Waals surface area contributed by atoms with Crippen molar-refractivity contribution < 1.29 is 9.59 Å². The van der Waals surface area contributed by atoms with Gasteiger partial charge < -0.3 is 14.8 Å². The van der Waals surface area contributed by atoms with Crippen LogP contribution in [0.4, 0.5) is 0 Å². The van der Waals surface area contributed by atoms with Crippen molar-refractivity contribution >= 4 is 22.7 Å². The first kappa shape index (κ1) is 22.0. The Morgan fingerprint density at radius 1 is 0.971 bits per heavy atom. The summed E-state index contributed by atoms with van der Waals surface area (Å²) < 4.78 is 2.00. The lowest BCUT2D eigenvalue weighted by Gasteiger charge is -2.45. The Kier molecular flexibility index (Phi) is 5.70. The quantitative estimate of drug-likeness (QED) is 0.450. The minimum atomic E-state index is -1.02. The van der Waals surface area contributed by atoms with Crippen molar-refractivity contribution in [3.05, 3.63) is 108 Å². The van der Waals surface area contributed by atoms with Gasteiger partial charge in [0.15, 0.2) is 0 Å². The molecular weight excluding hydrogens is 422 g/mol. The zero-order chi connectivity index (χ0) is 23.7. The molecule has 0 unspecified atom stereocenters. The van der Waals surface area contributed by atoms with E-state index in [1.54, 1.807) is 4.90 Å². The summed E-state index contributed by atoms with van der Waals surface area (Å²) in [4.78, 5) is 29.4. The lowest BCUT2D eigenvalue weighted by Crippen LogP contribution is -2.64. The molecule has 5 rings (SSSR count). The average Bonchev–Trinajstić information content (AvgIpc) is 3.24. The van der Waals surface area contributed by atoms with Crippen LogP contribution >= 0.6 is 0 Å². The molecule has 3 aromatic carbocycles. The number of fused-ring (bicyclic) bond motifs is 3. The van der Waals surface area contributed by atoms with Crippen molar-refractivity contribution in [2.45, 2.75) is 38.4 Å². The molecule has 5 nitrogen and oxygen atoms in total. The molecule has 0 radical (unpaired) electrons. The van der Waals surface area contributed by atoms with Crippen LogP contribution in [0.3, 0.4) is 0 Å². The van der Waals surface area contributed by atoms with Crippen molar-refractivity contribution in [1.29, 1.82) is 0 Å². The molecule has 0 saturated heterocycles. The predicted octanol–water partition coefficient (Wildman–Crippen LogP) is 4.98. The van der Waals surface area contributed by atoms with Crippen LogP contribution in [0.15, 0.2) is 91.0 Å². The Morgan fingerprint density at radius 3 is 2.35 bits per heavy atom. The van der Waals surface area contributed by atoms with E-state index in [1.807, 2.05) is 90.4 Å². The summed E-state index contributed by atoms with van der Waals surface area (Å²) in [6.45, 7) is 5.28. The molecule has 0 fully saturated rings. The van der Waals surface area contributed by atoms with Gasteiger partial charge in [-0.2, -0.15) is 0 Å². The number of rotatable bonds is 6. The molecule has 0 spiro atoms. The Labute approximate surface area is 200 Å². The maximum Gasteiger partial charge on any atom is 0.271 e. The van der Waals surface area contributed by atoms with Crippen LogP contribution in [0.5, 0.6) is 0 Å². The zero-order valence-electron chi connectivity index (χ0n) is 19.6. The number of nitrogens with zero attached hydrogens (tertiary/aromatic N) is 2. The molecule has 34 heavy (non-hydrogen) atoms. The highest BCUT2D eigenvalue weighted by Crippen LogP contribution is 2.34. The molecule has 1 N–H and O–H groups in total. The summed E-state index contributed by atoms with van der Waals surface area (Å²) in [7, 11) is 0. The van der Waals surface area contributed by atoms with Crippen LogP contribution in [0.25, 0.3) is 10.9 Å². The zero-order valence-corrected chi connectivity index (χ0v) is 19.6. The van der Waals surface area contributed by atoms with Crippen molar-refractivity contribution in [3.8, 4) is 0 Å². The molecule has 0 bridgehead atoms. The number of hydrogen-bond acceptors (Lipinski definition) is 2. The summed E-state index contributed by atoms with van der Waals surface area (Å²) in [5.41, 5.74) is 2.76. The molecule has 1 aliphatic rings. The fourth-order valence-electron chi connectivity index (χ4n) is 4.92. The van der Waals surface area contributed by atoms with Gasteiger partial charge in [-0.05, 0) is 36.1 Å². The Bertz CT molecular complexity index is 1330. The number of amides is 2. The molecule has 0 aliphatic carbocycles. The minimum Gasteiger partial charge on any atom is -0.350 e. The van der Waals surface area contributed by atoms with Gasteiger partial charge in [-0.25, -0.2) is 0 Å². The van der Waals surface area contributed by atoms with Crippen LogP contribution in [0, 0.1) is 0 Å². The molecule has 5 heteroatoms. The lowest BCUT2D eigenvalue weighted by atomic mass is 9.91. The maximum atomic E-state index is 13.9. The number of aromatic nitrogens is 1. The van der Waals surface area contributed by atoms with Crippen LogP contribution < -0.4 is 5.32 Å². The highest BCUT2D eigenvalue weighted by molar-refractivity contribution is 6.03. The van der Waals surface area contributed by atoms with Gasteiger partial charge in [0, 0.05) is 24.0 Å². The van der Waals surface area contributed by atoms with E-state index in [2.05, 4.69) is 24.4 Å². The Morgan fingerprint density at radius 2 is 1.62 bits per heavy atom. The van der Waals surface area contributed by atoms with Crippen molar-refractivity contribution in [2.24, 2.45) is 0 Å². The predicted molar refractivity (Wildman–Crippen MR) is 135 cm³/mol.